The average molecular weight is 645 g/mol. The molecule has 0 atom stereocenters. The van der Waals surface area contributed by atoms with E-state index in [1.165, 1.54) is 116 Å². The molecule has 0 saturated heterocycles. The minimum atomic E-state index is -4.67. The SMILES string of the molecule is CCCCCCCCCCCCN(OCC)OCC.CCCCCCCCCCCCN(OCC)OCC.O=S(=O)(O)O. The van der Waals surface area contributed by atoms with Gasteiger partial charge in [0.1, 0.15) is 0 Å². The summed E-state index contributed by atoms with van der Waals surface area (Å²) < 4.78 is 31.6. The predicted molar refractivity (Wildman–Crippen MR) is 178 cm³/mol. The lowest BCUT2D eigenvalue weighted by Gasteiger charge is -2.19. The highest BCUT2D eigenvalue weighted by atomic mass is 32.3. The second-order valence-corrected chi connectivity index (χ2v) is 11.5. The minimum Gasteiger partial charge on any atom is -0.274 e. The van der Waals surface area contributed by atoms with E-state index in [0.29, 0.717) is 26.4 Å². The molecule has 0 bridgehead atoms. The Morgan fingerprint density at radius 1 is 0.395 bits per heavy atom. The van der Waals surface area contributed by atoms with Gasteiger partial charge in [-0.1, -0.05) is 140 Å². The highest BCUT2D eigenvalue weighted by Gasteiger charge is 2.04. The minimum absolute atomic E-state index is 0.678. The molecule has 0 aliphatic heterocycles. The molecule has 0 radical (unpaired) electrons. The van der Waals surface area contributed by atoms with Crippen molar-refractivity contribution in [1.29, 1.82) is 0 Å². The smallest absolute Gasteiger partial charge is 0.274 e. The lowest BCUT2D eigenvalue weighted by atomic mass is 10.1. The van der Waals surface area contributed by atoms with Crippen LogP contribution in [0.5, 0.6) is 0 Å². The van der Waals surface area contributed by atoms with Crippen molar-refractivity contribution in [3.05, 3.63) is 0 Å². The van der Waals surface area contributed by atoms with Crippen molar-refractivity contribution in [2.75, 3.05) is 39.5 Å². The summed E-state index contributed by atoms with van der Waals surface area (Å²) in [7, 11) is -4.67. The van der Waals surface area contributed by atoms with E-state index in [0.717, 1.165) is 25.9 Å². The van der Waals surface area contributed by atoms with Crippen molar-refractivity contribution in [2.24, 2.45) is 0 Å². The molecule has 0 spiro atoms. The molecule has 11 heteroatoms. The van der Waals surface area contributed by atoms with E-state index in [2.05, 4.69) is 13.8 Å². The van der Waals surface area contributed by atoms with E-state index in [-0.39, 0.29) is 0 Å². The van der Waals surface area contributed by atoms with Gasteiger partial charge in [0.2, 0.25) is 0 Å². The van der Waals surface area contributed by atoms with E-state index in [1.54, 1.807) is 10.5 Å². The molecule has 0 aromatic carbocycles. The molecule has 0 unspecified atom stereocenters. The van der Waals surface area contributed by atoms with Gasteiger partial charge >= 0.3 is 10.4 Å². The van der Waals surface area contributed by atoms with E-state index in [1.807, 2.05) is 27.7 Å². The van der Waals surface area contributed by atoms with Crippen LogP contribution >= 0.6 is 0 Å². The first-order valence-electron chi connectivity index (χ1n) is 17.5. The molecule has 0 aromatic rings. The Hall–Kier alpha value is -0.370. The number of hydrogen-bond donors (Lipinski definition) is 2. The van der Waals surface area contributed by atoms with Crippen LogP contribution in [-0.4, -0.2) is 67.5 Å². The Bertz CT molecular complexity index is 544. The Labute approximate surface area is 266 Å². The first-order chi connectivity index (χ1) is 20.7. The standard InChI is InChI=1S/2C16H35NO2.H2O4S/c2*1-4-7-8-9-10-11-12-13-14-15-16-17(18-5-2)19-6-3;1-5(2,3)4/h2*4-16H2,1-3H3;(H2,1,2,3,4). The summed E-state index contributed by atoms with van der Waals surface area (Å²) in [5.74, 6) is 0. The van der Waals surface area contributed by atoms with Crippen LogP contribution in [0.4, 0.5) is 0 Å². The van der Waals surface area contributed by atoms with Gasteiger partial charge in [-0.05, 0) is 40.5 Å². The van der Waals surface area contributed by atoms with Gasteiger partial charge in [0, 0.05) is 0 Å². The van der Waals surface area contributed by atoms with Crippen LogP contribution in [-0.2, 0) is 29.7 Å². The number of unbranched alkanes of at least 4 members (excludes halogenated alkanes) is 18. The van der Waals surface area contributed by atoms with E-state index in [9.17, 15) is 0 Å². The van der Waals surface area contributed by atoms with Crippen molar-refractivity contribution >= 4 is 10.4 Å². The zero-order valence-electron chi connectivity index (χ0n) is 29.0. The first-order valence-corrected chi connectivity index (χ1v) is 18.9. The van der Waals surface area contributed by atoms with Gasteiger partial charge in [0.25, 0.3) is 0 Å². The van der Waals surface area contributed by atoms with Gasteiger partial charge in [-0.25, -0.2) is 0 Å². The Morgan fingerprint density at radius 2 is 0.581 bits per heavy atom. The van der Waals surface area contributed by atoms with Gasteiger partial charge in [-0.15, -0.1) is 0 Å². The highest BCUT2D eigenvalue weighted by Crippen LogP contribution is 2.12. The third-order valence-electron chi connectivity index (χ3n) is 6.48. The number of nitrogens with zero attached hydrogens (tertiary/aromatic N) is 2. The summed E-state index contributed by atoms with van der Waals surface area (Å²) in [6, 6.07) is 0. The van der Waals surface area contributed by atoms with Gasteiger partial charge in [0.15, 0.2) is 0 Å². The maximum atomic E-state index is 8.74. The summed E-state index contributed by atoms with van der Waals surface area (Å²) in [4.78, 5) is 21.5. The van der Waals surface area contributed by atoms with E-state index < -0.39 is 10.4 Å². The molecule has 0 aromatic heterocycles. The van der Waals surface area contributed by atoms with Crippen LogP contribution < -0.4 is 0 Å². The fourth-order valence-corrected chi connectivity index (χ4v) is 4.37. The van der Waals surface area contributed by atoms with Gasteiger partial charge in [-0.3, -0.25) is 28.5 Å². The maximum Gasteiger partial charge on any atom is 0.394 e. The average Bonchev–Trinajstić information content (AvgIpc) is 2.95. The lowest BCUT2D eigenvalue weighted by Crippen LogP contribution is -2.25. The molecule has 0 aliphatic rings. The fourth-order valence-electron chi connectivity index (χ4n) is 4.37. The first kappa shape index (κ1) is 47.0. The van der Waals surface area contributed by atoms with Crippen LogP contribution in [0, 0.1) is 0 Å². The summed E-state index contributed by atoms with van der Waals surface area (Å²) in [6.07, 6.45) is 27.2. The highest BCUT2D eigenvalue weighted by molar-refractivity contribution is 7.79. The Balaban J connectivity index is -0.000000642. The second kappa shape index (κ2) is 39.7. The predicted octanol–water partition coefficient (Wildman–Crippen LogP) is 9.57. The zero-order valence-corrected chi connectivity index (χ0v) is 29.8. The van der Waals surface area contributed by atoms with Crippen molar-refractivity contribution in [2.45, 2.75) is 170 Å². The summed E-state index contributed by atoms with van der Waals surface area (Å²) >= 11 is 0. The Morgan fingerprint density at radius 3 is 0.767 bits per heavy atom. The molecule has 0 rings (SSSR count). The zero-order chi connectivity index (χ0) is 32.9. The maximum absolute atomic E-state index is 8.74. The van der Waals surface area contributed by atoms with Crippen LogP contribution in [0.2, 0.25) is 0 Å². The molecule has 0 saturated carbocycles. The quantitative estimate of drug-likeness (QED) is 0.0444. The Kier molecular flexibility index (Phi) is 43.4. The van der Waals surface area contributed by atoms with Crippen LogP contribution in [0.3, 0.4) is 0 Å². The number of rotatable bonds is 30. The molecule has 264 valence electrons. The normalized spacial score (nSPS) is 11.4. The molecule has 2 N–H and O–H groups in total. The molecule has 0 aliphatic carbocycles. The molecule has 43 heavy (non-hydrogen) atoms. The molecule has 0 heterocycles. The molecular formula is C32H72N2O8S. The van der Waals surface area contributed by atoms with Crippen LogP contribution in [0.1, 0.15) is 170 Å². The van der Waals surface area contributed by atoms with Crippen LogP contribution in [0.25, 0.3) is 0 Å². The van der Waals surface area contributed by atoms with E-state index >= 15 is 0 Å². The fraction of sp³-hybridized carbons (Fsp3) is 1.00. The summed E-state index contributed by atoms with van der Waals surface area (Å²) in [5, 5.41) is 3.29. The molecule has 10 nitrogen and oxygen atoms in total. The van der Waals surface area contributed by atoms with Gasteiger partial charge in [-0.2, -0.15) is 8.42 Å². The van der Waals surface area contributed by atoms with Crippen molar-refractivity contribution in [1.82, 2.24) is 10.5 Å². The summed E-state index contributed by atoms with van der Waals surface area (Å²) in [6.45, 7) is 17.0. The van der Waals surface area contributed by atoms with Crippen LogP contribution in [0.15, 0.2) is 0 Å². The largest absolute Gasteiger partial charge is 0.394 e. The monoisotopic (exact) mass is 645 g/mol. The van der Waals surface area contributed by atoms with Crippen molar-refractivity contribution in [3.8, 4) is 0 Å². The van der Waals surface area contributed by atoms with Gasteiger partial charge < -0.3 is 0 Å². The molecular weight excluding hydrogens is 572 g/mol. The number of hydroxylamine groups is 4. The third-order valence-corrected chi connectivity index (χ3v) is 6.48. The van der Waals surface area contributed by atoms with Crippen molar-refractivity contribution < 1.29 is 36.9 Å². The molecule has 0 fully saturated rings. The summed E-state index contributed by atoms with van der Waals surface area (Å²) in [5.41, 5.74) is 0. The lowest BCUT2D eigenvalue weighted by molar-refractivity contribution is -0.365. The third kappa shape index (κ3) is 51.5. The van der Waals surface area contributed by atoms with Crippen molar-refractivity contribution in [3.63, 3.8) is 0 Å². The topological polar surface area (TPSA) is 118 Å². The van der Waals surface area contributed by atoms with Gasteiger partial charge in [0.05, 0.1) is 39.5 Å². The molecule has 0 amide bonds. The number of hydrogen-bond acceptors (Lipinski definition) is 8. The van der Waals surface area contributed by atoms with E-state index in [4.69, 9.17) is 36.9 Å². The second-order valence-electron chi connectivity index (χ2n) is 10.6.